The summed E-state index contributed by atoms with van der Waals surface area (Å²) in [5, 5.41) is 3.10. The molecule has 0 saturated heterocycles. The standard InChI is InChI=1S/C12H15NO2/c1-13-12(11(14)15-2)7-9-5-3-4-6-10(9)8-12/h3-6,13H,7-8H2,1-2H3. The lowest BCUT2D eigenvalue weighted by atomic mass is 9.96. The molecular formula is C12H15NO2. The zero-order valence-corrected chi connectivity index (χ0v) is 9.04. The van der Waals surface area contributed by atoms with Crippen molar-refractivity contribution in [2.45, 2.75) is 18.4 Å². The maximum absolute atomic E-state index is 11.8. The first-order valence-corrected chi connectivity index (χ1v) is 5.06. The van der Waals surface area contributed by atoms with Crippen LogP contribution in [0.5, 0.6) is 0 Å². The van der Waals surface area contributed by atoms with Gasteiger partial charge in [-0.2, -0.15) is 0 Å². The van der Waals surface area contributed by atoms with Crippen LogP contribution in [0.3, 0.4) is 0 Å². The molecule has 1 N–H and O–H groups in total. The van der Waals surface area contributed by atoms with Gasteiger partial charge in [-0.15, -0.1) is 0 Å². The van der Waals surface area contributed by atoms with Crippen molar-refractivity contribution in [2.24, 2.45) is 0 Å². The lowest BCUT2D eigenvalue weighted by Gasteiger charge is -2.24. The van der Waals surface area contributed by atoms with Crippen molar-refractivity contribution < 1.29 is 9.53 Å². The van der Waals surface area contributed by atoms with Crippen molar-refractivity contribution in [2.75, 3.05) is 14.2 Å². The molecule has 0 heterocycles. The van der Waals surface area contributed by atoms with Gasteiger partial charge in [0.15, 0.2) is 0 Å². The first kappa shape index (κ1) is 10.2. The fourth-order valence-corrected chi connectivity index (χ4v) is 2.23. The highest BCUT2D eigenvalue weighted by atomic mass is 16.5. The number of carbonyl (C=O) groups is 1. The van der Waals surface area contributed by atoms with Gasteiger partial charge in [0, 0.05) is 12.8 Å². The lowest BCUT2D eigenvalue weighted by molar-refractivity contribution is -0.148. The van der Waals surface area contributed by atoms with Crippen molar-refractivity contribution in [3.05, 3.63) is 35.4 Å². The number of ether oxygens (including phenoxy) is 1. The summed E-state index contributed by atoms with van der Waals surface area (Å²) in [6, 6.07) is 8.14. The predicted octanol–water partition coefficient (Wildman–Crippen LogP) is 0.916. The summed E-state index contributed by atoms with van der Waals surface area (Å²) >= 11 is 0. The van der Waals surface area contributed by atoms with Crippen LogP contribution in [0.1, 0.15) is 11.1 Å². The molecule has 0 radical (unpaired) electrons. The van der Waals surface area contributed by atoms with Gasteiger partial charge in [0.05, 0.1) is 7.11 Å². The van der Waals surface area contributed by atoms with Crippen molar-refractivity contribution in [1.29, 1.82) is 0 Å². The number of benzene rings is 1. The van der Waals surface area contributed by atoms with Crippen LogP contribution in [-0.2, 0) is 22.4 Å². The molecule has 80 valence electrons. The second kappa shape index (κ2) is 3.66. The van der Waals surface area contributed by atoms with Crippen molar-refractivity contribution in [3.63, 3.8) is 0 Å². The average molecular weight is 205 g/mol. The largest absolute Gasteiger partial charge is 0.468 e. The van der Waals surface area contributed by atoms with Gasteiger partial charge in [-0.25, -0.2) is 0 Å². The average Bonchev–Trinajstić information content (AvgIpc) is 2.67. The molecule has 15 heavy (non-hydrogen) atoms. The Morgan fingerprint density at radius 2 is 1.87 bits per heavy atom. The molecule has 1 aromatic carbocycles. The van der Waals surface area contributed by atoms with E-state index in [1.807, 2.05) is 19.2 Å². The third-order valence-electron chi connectivity index (χ3n) is 3.16. The molecular weight excluding hydrogens is 190 g/mol. The molecule has 0 amide bonds. The minimum absolute atomic E-state index is 0.179. The summed E-state index contributed by atoms with van der Waals surface area (Å²) in [5.41, 5.74) is 1.91. The van der Waals surface area contributed by atoms with Gasteiger partial charge in [0.2, 0.25) is 0 Å². The fraction of sp³-hybridized carbons (Fsp3) is 0.417. The minimum Gasteiger partial charge on any atom is -0.468 e. The summed E-state index contributed by atoms with van der Waals surface area (Å²) in [5.74, 6) is -0.179. The molecule has 0 aromatic heterocycles. The summed E-state index contributed by atoms with van der Waals surface area (Å²) in [6.45, 7) is 0. The number of fused-ring (bicyclic) bond motifs is 1. The highest BCUT2D eigenvalue weighted by molar-refractivity contribution is 5.83. The van der Waals surface area contributed by atoms with Crippen molar-refractivity contribution in [1.82, 2.24) is 5.32 Å². The molecule has 1 aliphatic carbocycles. The van der Waals surface area contributed by atoms with Gasteiger partial charge < -0.3 is 10.1 Å². The van der Waals surface area contributed by atoms with E-state index in [9.17, 15) is 4.79 Å². The number of methoxy groups -OCH3 is 1. The van der Waals surface area contributed by atoms with Gasteiger partial charge in [0.25, 0.3) is 0 Å². The SMILES string of the molecule is CNC1(C(=O)OC)Cc2ccccc2C1. The van der Waals surface area contributed by atoms with E-state index in [4.69, 9.17) is 4.74 Å². The summed E-state index contributed by atoms with van der Waals surface area (Å²) < 4.78 is 4.86. The smallest absolute Gasteiger partial charge is 0.326 e. The summed E-state index contributed by atoms with van der Waals surface area (Å²) in [6.07, 6.45) is 1.43. The van der Waals surface area contributed by atoms with Gasteiger partial charge in [-0.3, -0.25) is 4.79 Å². The number of rotatable bonds is 2. The first-order valence-electron chi connectivity index (χ1n) is 5.06. The lowest BCUT2D eigenvalue weighted by Crippen LogP contribution is -2.51. The van der Waals surface area contributed by atoms with E-state index in [1.54, 1.807) is 0 Å². The number of esters is 1. The maximum Gasteiger partial charge on any atom is 0.326 e. The molecule has 1 aromatic rings. The van der Waals surface area contributed by atoms with Gasteiger partial charge in [-0.05, 0) is 18.2 Å². The Morgan fingerprint density at radius 1 is 1.33 bits per heavy atom. The Balaban J connectivity index is 2.33. The Labute approximate surface area is 89.4 Å². The minimum atomic E-state index is -0.557. The predicted molar refractivity (Wildman–Crippen MR) is 57.7 cm³/mol. The van der Waals surface area contributed by atoms with Crippen molar-refractivity contribution in [3.8, 4) is 0 Å². The molecule has 0 fully saturated rings. The van der Waals surface area contributed by atoms with Crippen LogP contribution < -0.4 is 5.32 Å². The van der Waals surface area contributed by atoms with E-state index in [-0.39, 0.29) is 5.97 Å². The Hall–Kier alpha value is -1.35. The van der Waals surface area contributed by atoms with Crippen LogP contribution >= 0.6 is 0 Å². The number of likely N-dealkylation sites (N-methyl/N-ethyl adjacent to an activating group) is 1. The Morgan fingerprint density at radius 3 is 2.27 bits per heavy atom. The third kappa shape index (κ3) is 1.53. The van der Waals surface area contributed by atoms with Gasteiger partial charge >= 0.3 is 5.97 Å². The van der Waals surface area contributed by atoms with Crippen LogP contribution in [0, 0.1) is 0 Å². The van der Waals surface area contributed by atoms with E-state index < -0.39 is 5.54 Å². The third-order valence-corrected chi connectivity index (χ3v) is 3.16. The molecule has 0 unspecified atom stereocenters. The maximum atomic E-state index is 11.8. The second-order valence-corrected chi connectivity index (χ2v) is 3.95. The normalized spacial score (nSPS) is 17.2. The zero-order valence-electron chi connectivity index (χ0n) is 9.04. The Bertz CT molecular complexity index is 362. The van der Waals surface area contributed by atoms with Crippen LogP contribution in [0.2, 0.25) is 0 Å². The summed E-state index contributed by atoms with van der Waals surface area (Å²) in [7, 11) is 3.24. The molecule has 0 aliphatic heterocycles. The highest BCUT2D eigenvalue weighted by Gasteiger charge is 2.43. The van der Waals surface area contributed by atoms with E-state index in [0.717, 1.165) is 0 Å². The number of hydrogen-bond donors (Lipinski definition) is 1. The summed E-state index contributed by atoms with van der Waals surface area (Å²) in [4.78, 5) is 11.8. The molecule has 2 rings (SSSR count). The van der Waals surface area contributed by atoms with Crippen LogP contribution in [0.4, 0.5) is 0 Å². The molecule has 0 saturated carbocycles. The second-order valence-electron chi connectivity index (χ2n) is 3.95. The van der Waals surface area contributed by atoms with E-state index in [1.165, 1.54) is 18.2 Å². The van der Waals surface area contributed by atoms with Crippen LogP contribution in [-0.4, -0.2) is 25.7 Å². The highest BCUT2D eigenvalue weighted by Crippen LogP contribution is 2.30. The Kier molecular flexibility index (Phi) is 2.49. The van der Waals surface area contributed by atoms with E-state index in [0.29, 0.717) is 12.8 Å². The topological polar surface area (TPSA) is 38.3 Å². The fourth-order valence-electron chi connectivity index (χ4n) is 2.23. The molecule has 3 heteroatoms. The van der Waals surface area contributed by atoms with Crippen LogP contribution in [0.15, 0.2) is 24.3 Å². The molecule has 0 spiro atoms. The van der Waals surface area contributed by atoms with E-state index >= 15 is 0 Å². The van der Waals surface area contributed by atoms with E-state index in [2.05, 4.69) is 17.4 Å². The van der Waals surface area contributed by atoms with Crippen LogP contribution in [0.25, 0.3) is 0 Å². The monoisotopic (exact) mass is 205 g/mol. The number of carbonyl (C=O) groups excluding carboxylic acids is 1. The molecule has 3 nitrogen and oxygen atoms in total. The molecule has 1 aliphatic rings. The number of nitrogens with one attached hydrogen (secondary N) is 1. The zero-order chi connectivity index (χ0) is 10.9. The first-order chi connectivity index (χ1) is 7.22. The van der Waals surface area contributed by atoms with Gasteiger partial charge in [0.1, 0.15) is 5.54 Å². The molecule has 0 bridgehead atoms. The molecule has 0 atom stereocenters. The number of hydrogen-bond acceptors (Lipinski definition) is 3. The van der Waals surface area contributed by atoms with Gasteiger partial charge in [-0.1, -0.05) is 24.3 Å². The van der Waals surface area contributed by atoms with Crippen molar-refractivity contribution >= 4 is 5.97 Å². The quantitative estimate of drug-likeness (QED) is 0.729.